The maximum atomic E-state index is 14.1. The Balaban J connectivity index is 0.000000515. The first-order chi connectivity index (χ1) is 21.5. The molecular formula is C28H24F5N9O3. The molecule has 1 aliphatic rings. The molecule has 17 heteroatoms. The number of carbonyl (C=O) groups is 1. The van der Waals surface area contributed by atoms with Gasteiger partial charge in [0.2, 0.25) is 5.95 Å². The van der Waals surface area contributed by atoms with Gasteiger partial charge in [-0.1, -0.05) is 12.1 Å². The summed E-state index contributed by atoms with van der Waals surface area (Å²) in [5, 5.41) is 19.4. The minimum atomic E-state index is -5.08. The summed E-state index contributed by atoms with van der Waals surface area (Å²) in [4.78, 5) is 32.3. The van der Waals surface area contributed by atoms with Gasteiger partial charge in [-0.25, -0.2) is 23.5 Å². The van der Waals surface area contributed by atoms with Gasteiger partial charge in [-0.15, -0.1) is 0 Å². The first-order valence-electron chi connectivity index (χ1n) is 13.4. The van der Waals surface area contributed by atoms with Gasteiger partial charge in [0.15, 0.2) is 28.6 Å². The van der Waals surface area contributed by atoms with Gasteiger partial charge in [0.05, 0.1) is 43.2 Å². The summed E-state index contributed by atoms with van der Waals surface area (Å²) < 4.78 is 66.9. The summed E-state index contributed by atoms with van der Waals surface area (Å²) in [6, 6.07) is 12.2. The topological polar surface area (TPSA) is 158 Å². The van der Waals surface area contributed by atoms with Crippen LogP contribution >= 0.6 is 0 Å². The number of nitrogens with zero attached hydrogens (tertiary/aromatic N) is 7. The molecule has 5 aromatic rings. The fraction of sp³-hybridized carbons (Fsp3) is 0.286. The highest BCUT2D eigenvalue weighted by Gasteiger charge is 2.38. The second-order valence-electron chi connectivity index (χ2n) is 9.74. The highest BCUT2D eigenvalue weighted by Crippen LogP contribution is 2.25. The van der Waals surface area contributed by atoms with Crippen LogP contribution in [0.25, 0.3) is 22.2 Å². The van der Waals surface area contributed by atoms with E-state index in [1.807, 2.05) is 16.7 Å². The second-order valence-corrected chi connectivity index (χ2v) is 9.74. The molecule has 1 aliphatic heterocycles. The number of nitriles is 1. The van der Waals surface area contributed by atoms with Crippen LogP contribution in [0.2, 0.25) is 0 Å². The van der Waals surface area contributed by atoms with Crippen molar-refractivity contribution in [1.29, 1.82) is 5.26 Å². The van der Waals surface area contributed by atoms with E-state index in [9.17, 15) is 22.0 Å². The van der Waals surface area contributed by atoms with Gasteiger partial charge in [-0.2, -0.15) is 28.4 Å². The Morgan fingerprint density at radius 1 is 1.07 bits per heavy atom. The van der Waals surface area contributed by atoms with Crippen LogP contribution < -0.4 is 10.2 Å². The molecule has 3 N–H and O–H groups in total. The average molecular weight is 630 g/mol. The number of aromatic nitrogens is 6. The number of benzene rings is 2. The Kier molecular flexibility index (Phi) is 9.04. The van der Waals surface area contributed by atoms with Crippen LogP contribution in [0, 0.1) is 23.0 Å². The molecule has 3 aromatic heterocycles. The van der Waals surface area contributed by atoms with Crippen molar-refractivity contribution in [1.82, 2.24) is 29.5 Å². The Labute approximate surface area is 251 Å². The molecule has 4 heterocycles. The zero-order chi connectivity index (χ0) is 32.1. The molecule has 0 spiro atoms. The van der Waals surface area contributed by atoms with Crippen molar-refractivity contribution >= 4 is 39.9 Å². The molecule has 0 amide bonds. The van der Waals surface area contributed by atoms with E-state index in [1.165, 1.54) is 6.07 Å². The first kappa shape index (κ1) is 31.1. The summed E-state index contributed by atoms with van der Waals surface area (Å²) in [6.07, 6.45) is -2.62. The zero-order valence-electron chi connectivity index (χ0n) is 23.3. The number of morpholine rings is 1. The summed E-state index contributed by atoms with van der Waals surface area (Å²) in [5.41, 5.74) is 3.36. The number of fused-ring (bicyclic) bond motifs is 2. The SMILES string of the molecule is N#Cc1ccc(CCn2cnc3c(NCc4nc5c(F)c(F)ccc5[nH]4)nc(N4CCOCC4)nc32)cc1.O=C(O)C(F)(F)F. The molecule has 1 saturated heterocycles. The van der Waals surface area contributed by atoms with Crippen molar-refractivity contribution in [2.24, 2.45) is 0 Å². The molecule has 45 heavy (non-hydrogen) atoms. The Morgan fingerprint density at radius 3 is 2.44 bits per heavy atom. The van der Waals surface area contributed by atoms with E-state index >= 15 is 0 Å². The van der Waals surface area contributed by atoms with Crippen LogP contribution in [0.15, 0.2) is 42.7 Å². The maximum absolute atomic E-state index is 14.1. The lowest BCUT2D eigenvalue weighted by molar-refractivity contribution is -0.192. The first-order valence-corrected chi connectivity index (χ1v) is 13.4. The van der Waals surface area contributed by atoms with Crippen molar-refractivity contribution in [3.63, 3.8) is 0 Å². The highest BCUT2D eigenvalue weighted by molar-refractivity contribution is 5.84. The zero-order valence-corrected chi connectivity index (χ0v) is 23.3. The molecule has 0 unspecified atom stereocenters. The Morgan fingerprint density at radius 2 is 1.78 bits per heavy atom. The molecule has 1 fully saturated rings. The molecule has 2 aromatic carbocycles. The van der Waals surface area contributed by atoms with E-state index < -0.39 is 23.8 Å². The van der Waals surface area contributed by atoms with Crippen LogP contribution in [0.1, 0.15) is 17.0 Å². The number of aromatic amines is 1. The predicted molar refractivity (Wildman–Crippen MR) is 150 cm³/mol. The van der Waals surface area contributed by atoms with Crippen molar-refractivity contribution in [3.8, 4) is 6.07 Å². The van der Waals surface area contributed by atoms with Crippen molar-refractivity contribution < 1.29 is 36.6 Å². The van der Waals surface area contributed by atoms with Gasteiger partial charge in [0, 0.05) is 19.6 Å². The quantitative estimate of drug-likeness (QED) is 0.223. The average Bonchev–Trinajstić information content (AvgIpc) is 3.65. The smallest absolute Gasteiger partial charge is 0.475 e. The molecule has 0 radical (unpaired) electrons. The van der Waals surface area contributed by atoms with Crippen molar-refractivity contribution in [3.05, 3.63) is 71.3 Å². The number of hydrogen-bond donors (Lipinski definition) is 3. The number of hydrogen-bond acceptors (Lipinski definition) is 9. The number of ether oxygens (including phenoxy) is 1. The summed E-state index contributed by atoms with van der Waals surface area (Å²) in [7, 11) is 0. The van der Waals surface area contributed by atoms with Gasteiger partial charge < -0.3 is 29.6 Å². The van der Waals surface area contributed by atoms with Crippen molar-refractivity contribution in [2.45, 2.75) is 25.7 Å². The monoisotopic (exact) mass is 629 g/mol. The summed E-state index contributed by atoms with van der Waals surface area (Å²) in [5.74, 6) is -3.17. The third-order valence-corrected chi connectivity index (χ3v) is 6.73. The van der Waals surface area contributed by atoms with E-state index in [4.69, 9.17) is 29.9 Å². The fourth-order valence-corrected chi connectivity index (χ4v) is 4.44. The number of anilines is 2. The molecule has 234 valence electrons. The minimum Gasteiger partial charge on any atom is -0.475 e. The number of H-pyrrole nitrogens is 1. The Hall–Kier alpha value is -5.37. The van der Waals surface area contributed by atoms with Gasteiger partial charge in [-0.3, -0.25) is 0 Å². The molecule has 0 aliphatic carbocycles. The number of carboxylic acids is 1. The molecule has 0 atom stereocenters. The van der Waals surface area contributed by atoms with Crippen LogP contribution in [-0.2, 0) is 29.0 Å². The van der Waals surface area contributed by atoms with Crippen LogP contribution in [0.4, 0.5) is 33.7 Å². The molecule has 0 bridgehead atoms. The summed E-state index contributed by atoms with van der Waals surface area (Å²) in [6.45, 7) is 3.34. The van der Waals surface area contributed by atoms with Crippen LogP contribution in [0.5, 0.6) is 0 Å². The number of alkyl halides is 3. The number of halogens is 5. The van der Waals surface area contributed by atoms with Crippen LogP contribution in [-0.4, -0.2) is 73.0 Å². The van der Waals surface area contributed by atoms with Gasteiger partial charge >= 0.3 is 12.1 Å². The van der Waals surface area contributed by atoms with Gasteiger partial charge in [-0.05, 0) is 36.2 Å². The number of aryl methyl sites for hydroxylation is 2. The van der Waals surface area contributed by atoms with Crippen molar-refractivity contribution in [2.75, 3.05) is 36.5 Å². The maximum Gasteiger partial charge on any atom is 0.490 e. The lowest BCUT2D eigenvalue weighted by atomic mass is 10.1. The lowest BCUT2D eigenvalue weighted by Gasteiger charge is -2.27. The van der Waals surface area contributed by atoms with Gasteiger partial charge in [0.1, 0.15) is 11.3 Å². The van der Waals surface area contributed by atoms with E-state index in [-0.39, 0.29) is 12.1 Å². The minimum absolute atomic E-state index is 0.0456. The van der Waals surface area contributed by atoms with E-state index in [0.717, 1.165) is 18.1 Å². The van der Waals surface area contributed by atoms with E-state index in [0.29, 0.717) is 72.7 Å². The van der Waals surface area contributed by atoms with E-state index in [1.54, 1.807) is 18.5 Å². The standard InChI is InChI=1S/C26H23F2N9O.C2HF3O2/c27-18-5-6-19-22(21(18)28)33-20(32-19)14-30-24-23-25(35-26(34-24)36-9-11-38-12-10-36)37(15-31-23)8-7-16-1-3-17(13-29)4-2-16;3-2(4,5)1(6)7/h1-6,15H,7-12,14H2,(H,32,33)(H,30,34,35);(H,6,7). The Bertz CT molecular complexity index is 1860. The number of imidazole rings is 2. The second kappa shape index (κ2) is 13.1. The molecular weight excluding hydrogens is 605 g/mol. The van der Waals surface area contributed by atoms with Gasteiger partial charge in [0.25, 0.3) is 0 Å². The highest BCUT2D eigenvalue weighted by atomic mass is 19.4. The normalized spacial score (nSPS) is 13.4. The third kappa shape index (κ3) is 7.24. The molecule has 0 saturated carbocycles. The largest absolute Gasteiger partial charge is 0.490 e. The fourth-order valence-electron chi connectivity index (χ4n) is 4.44. The lowest BCUT2D eigenvalue weighted by Crippen LogP contribution is -2.37. The number of carboxylic acid groups (broad SMARTS) is 1. The summed E-state index contributed by atoms with van der Waals surface area (Å²) >= 11 is 0. The third-order valence-electron chi connectivity index (χ3n) is 6.73. The number of rotatable bonds is 7. The van der Waals surface area contributed by atoms with E-state index in [2.05, 4.69) is 31.2 Å². The van der Waals surface area contributed by atoms with Crippen LogP contribution in [0.3, 0.4) is 0 Å². The number of nitrogens with one attached hydrogen (secondary N) is 2. The molecule has 12 nitrogen and oxygen atoms in total. The molecule has 6 rings (SSSR count). The predicted octanol–water partition coefficient (Wildman–Crippen LogP) is 4.18. The number of aliphatic carboxylic acids is 1.